The van der Waals surface area contributed by atoms with Crippen LogP contribution in [0.2, 0.25) is 0 Å². The lowest BCUT2D eigenvalue weighted by Crippen LogP contribution is -2.44. The Morgan fingerprint density at radius 2 is 1.96 bits per heavy atom. The summed E-state index contributed by atoms with van der Waals surface area (Å²) in [6, 6.07) is 8.72. The average molecular weight is 348 g/mol. The lowest BCUT2D eigenvalue weighted by Gasteiger charge is -2.27. The Morgan fingerprint density at radius 1 is 1.24 bits per heavy atom. The second-order valence-corrected chi connectivity index (χ2v) is 8.00. The lowest BCUT2D eigenvalue weighted by atomic mass is 9.84. The van der Waals surface area contributed by atoms with Crippen molar-refractivity contribution in [1.29, 1.82) is 0 Å². The van der Waals surface area contributed by atoms with E-state index in [9.17, 15) is 5.11 Å². The van der Waals surface area contributed by atoms with E-state index in [1.54, 1.807) is 7.05 Å². The van der Waals surface area contributed by atoms with Crippen LogP contribution in [0.5, 0.6) is 0 Å². The second kappa shape index (κ2) is 8.68. The molecule has 1 aromatic carbocycles. The van der Waals surface area contributed by atoms with Gasteiger partial charge in [-0.25, -0.2) is 0 Å². The van der Waals surface area contributed by atoms with Gasteiger partial charge >= 0.3 is 0 Å². The number of hydrogen-bond acceptors (Lipinski definition) is 3. The standard InChI is InChI=1S/C20H33N3O2/c1-19(2,3)17-7-5-16(6-8-17)13-22-18(21-4)23-14-20(9-11-24)10-12-25-15-20/h5-8,24H,9-15H2,1-4H3,(H2,21,22,23). The van der Waals surface area contributed by atoms with Gasteiger partial charge in [0.05, 0.1) is 6.61 Å². The van der Waals surface area contributed by atoms with Crippen LogP contribution in [-0.2, 0) is 16.7 Å². The van der Waals surface area contributed by atoms with Crippen LogP contribution in [0.3, 0.4) is 0 Å². The summed E-state index contributed by atoms with van der Waals surface area (Å²) >= 11 is 0. The van der Waals surface area contributed by atoms with E-state index in [0.717, 1.165) is 38.5 Å². The molecule has 2 rings (SSSR count). The molecule has 1 aliphatic rings. The van der Waals surface area contributed by atoms with E-state index >= 15 is 0 Å². The fraction of sp³-hybridized carbons (Fsp3) is 0.650. The zero-order valence-corrected chi connectivity index (χ0v) is 16.1. The molecule has 1 unspecified atom stereocenters. The van der Waals surface area contributed by atoms with Gasteiger partial charge in [-0.15, -0.1) is 0 Å². The number of nitrogens with one attached hydrogen (secondary N) is 2. The van der Waals surface area contributed by atoms with Gasteiger partial charge in [-0.05, 0) is 29.4 Å². The Morgan fingerprint density at radius 3 is 2.48 bits per heavy atom. The second-order valence-electron chi connectivity index (χ2n) is 8.00. The highest BCUT2D eigenvalue weighted by molar-refractivity contribution is 5.79. The molecule has 1 saturated heterocycles. The summed E-state index contributed by atoms with van der Waals surface area (Å²) < 4.78 is 5.54. The molecule has 1 aromatic rings. The van der Waals surface area contributed by atoms with Crippen molar-refractivity contribution in [2.45, 2.75) is 45.6 Å². The molecule has 25 heavy (non-hydrogen) atoms. The van der Waals surface area contributed by atoms with E-state index in [2.05, 4.69) is 60.7 Å². The molecule has 1 atom stereocenters. The quantitative estimate of drug-likeness (QED) is 0.546. The highest BCUT2D eigenvalue weighted by atomic mass is 16.5. The molecule has 0 aromatic heterocycles. The monoisotopic (exact) mass is 347 g/mol. The summed E-state index contributed by atoms with van der Waals surface area (Å²) in [6.07, 6.45) is 1.73. The fourth-order valence-electron chi connectivity index (χ4n) is 3.11. The molecular weight excluding hydrogens is 314 g/mol. The number of benzene rings is 1. The maximum Gasteiger partial charge on any atom is 0.191 e. The Kier molecular flexibility index (Phi) is 6.85. The van der Waals surface area contributed by atoms with Gasteiger partial charge < -0.3 is 20.5 Å². The van der Waals surface area contributed by atoms with Gasteiger partial charge in [0, 0.05) is 38.8 Å². The van der Waals surface area contributed by atoms with E-state index in [1.807, 2.05) is 0 Å². The van der Waals surface area contributed by atoms with Crippen molar-refractivity contribution < 1.29 is 9.84 Å². The number of hydrogen-bond donors (Lipinski definition) is 3. The first-order valence-electron chi connectivity index (χ1n) is 9.11. The summed E-state index contributed by atoms with van der Waals surface area (Å²) in [5.41, 5.74) is 2.76. The summed E-state index contributed by atoms with van der Waals surface area (Å²) in [6.45, 7) is 9.82. The normalized spacial score (nSPS) is 21.4. The summed E-state index contributed by atoms with van der Waals surface area (Å²) in [5, 5.41) is 16.1. The van der Waals surface area contributed by atoms with Crippen LogP contribution >= 0.6 is 0 Å². The van der Waals surface area contributed by atoms with Gasteiger partial charge in [0.15, 0.2) is 5.96 Å². The summed E-state index contributed by atoms with van der Waals surface area (Å²) in [4.78, 5) is 4.30. The first-order valence-corrected chi connectivity index (χ1v) is 9.11. The van der Waals surface area contributed by atoms with E-state index < -0.39 is 0 Å². The molecule has 5 heteroatoms. The number of ether oxygens (including phenoxy) is 1. The highest BCUT2D eigenvalue weighted by Crippen LogP contribution is 2.31. The van der Waals surface area contributed by atoms with E-state index in [-0.39, 0.29) is 17.4 Å². The third-order valence-corrected chi connectivity index (χ3v) is 4.96. The lowest BCUT2D eigenvalue weighted by molar-refractivity contribution is 0.127. The predicted octanol–water partition coefficient (Wildman–Crippen LogP) is 2.44. The van der Waals surface area contributed by atoms with Crippen molar-refractivity contribution in [1.82, 2.24) is 10.6 Å². The van der Waals surface area contributed by atoms with Crippen molar-refractivity contribution in [3.63, 3.8) is 0 Å². The SMILES string of the molecule is CN=C(NCc1ccc(C(C)(C)C)cc1)NCC1(CCO)CCOC1. The minimum absolute atomic E-state index is 0.0146. The van der Waals surface area contributed by atoms with Crippen molar-refractivity contribution in [2.75, 3.05) is 33.4 Å². The molecule has 1 fully saturated rings. The van der Waals surface area contributed by atoms with Crippen molar-refractivity contribution in [3.05, 3.63) is 35.4 Å². The smallest absolute Gasteiger partial charge is 0.191 e. The van der Waals surface area contributed by atoms with E-state index in [0.29, 0.717) is 6.61 Å². The maximum atomic E-state index is 9.32. The van der Waals surface area contributed by atoms with Crippen LogP contribution in [0.1, 0.15) is 44.7 Å². The van der Waals surface area contributed by atoms with Gasteiger partial charge in [0.1, 0.15) is 0 Å². The zero-order valence-electron chi connectivity index (χ0n) is 16.1. The van der Waals surface area contributed by atoms with Crippen molar-refractivity contribution in [3.8, 4) is 0 Å². The Labute approximate surface area is 151 Å². The number of nitrogens with zero attached hydrogens (tertiary/aromatic N) is 1. The van der Waals surface area contributed by atoms with Gasteiger partial charge in [-0.2, -0.15) is 0 Å². The molecule has 140 valence electrons. The molecule has 0 aliphatic carbocycles. The first-order chi connectivity index (χ1) is 11.9. The van der Waals surface area contributed by atoms with Crippen LogP contribution in [-0.4, -0.2) is 44.5 Å². The molecule has 3 N–H and O–H groups in total. The van der Waals surface area contributed by atoms with Crippen LogP contribution in [0.15, 0.2) is 29.3 Å². The molecular formula is C20H33N3O2. The minimum Gasteiger partial charge on any atom is -0.396 e. The molecule has 5 nitrogen and oxygen atoms in total. The largest absolute Gasteiger partial charge is 0.396 e. The Hall–Kier alpha value is -1.59. The van der Waals surface area contributed by atoms with E-state index in [4.69, 9.17) is 4.74 Å². The molecule has 1 aliphatic heterocycles. The van der Waals surface area contributed by atoms with Gasteiger partial charge in [0.25, 0.3) is 0 Å². The third kappa shape index (κ3) is 5.72. The van der Waals surface area contributed by atoms with Gasteiger partial charge in [-0.3, -0.25) is 4.99 Å². The van der Waals surface area contributed by atoms with Crippen LogP contribution in [0.4, 0.5) is 0 Å². The first kappa shape index (κ1) is 19.7. The van der Waals surface area contributed by atoms with Gasteiger partial charge in [0.2, 0.25) is 0 Å². The third-order valence-electron chi connectivity index (χ3n) is 4.96. The number of aliphatic hydroxyl groups is 1. The molecule has 0 saturated carbocycles. The number of aliphatic hydroxyl groups excluding tert-OH is 1. The van der Waals surface area contributed by atoms with Crippen molar-refractivity contribution in [2.24, 2.45) is 10.4 Å². The minimum atomic E-state index is 0.0146. The van der Waals surface area contributed by atoms with E-state index in [1.165, 1.54) is 11.1 Å². The molecule has 0 bridgehead atoms. The summed E-state index contributed by atoms with van der Waals surface area (Å²) in [5.74, 6) is 0.782. The molecule has 0 amide bonds. The van der Waals surface area contributed by atoms with Gasteiger partial charge in [-0.1, -0.05) is 45.0 Å². The fourth-order valence-corrected chi connectivity index (χ4v) is 3.11. The Bertz CT molecular complexity index is 555. The highest BCUT2D eigenvalue weighted by Gasteiger charge is 2.34. The number of rotatable bonds is 6. The van der Waals surface area contributed by atoms with Crippen LogP contribution < -0.4 is 10.6 Å². The number of aliphatic imine (C=N–C) groups is 1. The van der Waals surface area contributed by atoms with Crippen molar-refractivity contribution >= 4 is 5.96 Å². The predicted molar refractivity (Wildman–Crippen MR) is 103 cm³/mol. The summed E-state index contributed by atoms with van der Waals surface area (Å²) in [7, 11) is 1.78. The van der Waals surface area contributed by atoms with Crippen LogP contribution in [0, 0.1) is 5.41 Å². The zero-order chi connectivity index (χ0) is 18.3. The van der Waals surface area contributed by atoms with Crippen LogP contribution in [0.25, 0.3) is 0 Å². The Balaban J connectivity index is 1.86. The maximum absolute atomic E-state index is 9.32. The average Bonchev–Trinajstić information content (AvgIpc) is 3.04. The molecule has 1 heterocycles. The topological polar surface area (TPSA) is 65.9 Å². The molecule has 0 radical (unpaired) electrons. The molecule has 0 spiro atoms. The number of guanidine groups is 1.